The number of hydrogen-bond donors (Lipinski definition) is 1. The number of nitrogens with one attached hydrogen (secondary N) is 1. The van der Waals surface area contributed by atoms with E-state index in [2.05, 4.69) is 34.3 Å². The highest BCUT2D eigenvalue weighted by atomic mass is 32.1. The molecule has 3 rings (SSSR count). The molecule has 0 unspecified atom stereocenters. The number of unbranched alkanes of at least 4 members (excludes halogenated alkanes) is 1. The first-order valence-electron chi connectivity index (χ1n) is 9.77. The molecule has 26 heavy (non-hydrogen) atoms. The summed E-state index contributed by atoms with van der Waals surface area (Å²) in [5, 5.41) is 6.11. The Bertz CT molecular complexity index is 686. The summed E-state index contributed by atoms with van der Waals surface area (Å²) >= 11 is 1.60. The molecule has 1 aromatic carbocycles. The summed E-state index contributed by atoms with van der Waals surface area (Å²) < 4.78 is 0. The maximum Gasteiger partial charge on any atom is 0.226 e. The number of benzene rings is 1. The first-order chi connectivity index (χ1) is 12.8. The Morgan fingerprint density at radius 1 is 1.31 bits per heavy atom. The third-order valence-corrected chi connectivity index (χ3v) is 5.94. The number of carbonyl (C=O) groups is 1. The van der Waals surface area contributed by atoms with Crippen LogP contribution in [-0.4, -0.2) is 41.5 Å². The highest BCUT2D eigenvalue weighted by molar-refractivity contribution is 7.13. The standard InChI is InChI=1S/C21H29N3OS/c1-2-3-12-24-13-8-7-11-19(24)15-22-20(25)14-18-16-26-21(23-18)17-9-5-4-6-10-17/h4-6,9-10,16,19H,2-3,7-8,11-15H2,1H3,(H,22,25)/t19-/m1/s1. The Kier molecular flexibility index (Phi) is 7.21. The molecule has 1 aliphatic rings. The third-order valence-electron chi connectivity index (χ3n) is 5.00. The molecule has 4 nitrogen and oxygen atoms in total. The number of carbonyl (C=O) groups excluding carboxylic acids is 1. The Labute approximate surface area is 160 Å². The molecule has 0 aliphatic carbocycles. The zero-order valence-corrected chi connectivity index (χ0v) is 16.4. The fourth-order valence-electron chi connectivity index (χ4n) is 3.51. The molecule has 140 valence electrons. The van der Waals surface area contributed by atoms with Crippen molar-refractivity contribution >= 4 is 17.2 Å². The predicted octanol–water partition coefficient (Wildman–Crippen LogP) is 4.12. The van der Waals surface area contributed by atoms with Crippen LogP contribution in [0.3, 0.4) is 0 Å². The lowest BCUT2D eigenvalue weighted by Crippen LogP contribution is -2.47. The lowest BCUT2D eigenvalue weighted by molar-refractivity contribution is -0.120. The van der Waals surface area contributed by atoms with Crippen molar-refractivity contribution < 1.29 is 4.79 Å². The van der Waals surface area contributed by atoms with Crippen molar-refractivity contribution in [3.8, 4) is 10.6 Å². The van der Waals surface area contributed by atoms with Crippen LogP contribution in [-0.2, 0) is 11.2 Å². The fourth-order valence-corrected chi connectivity index (χ4v) is 4.33. The van der Waals surface area contributed by atoms with E-state index < -0.39 is 0 Å². The number of likely N-dealkylation sites (tertiary alicyclic amines) is 1. The highest BCUT2D eigenvalue weighted by Gasteiger charge is 2.22. The minimum Gasteiger partial charge on any atom is -0.354 e. The van der Waals surface area contributed by atoms with Crippen molar-refractivity contribution in [1.82, 2.24) is 15.2 Å². The summed E-state index contributed by atoms with van der Waals surface area (Å²) in [6.45, 7) is 5.33. The second-order valence-corrected chi connectivity index (χ2v) is 7.89. The van der Waals surface area contributed by atoms with Gasteiger partial charge in [0.2, 0.25) is 5.91 Å². The van der Waals surface area contributed by atoms with Crippen LogP contribution in [0.25, 0.3) is 10.6 Å². The Morgan fingerprint density at radius 2 is 2.15 bits per heavy atom. The quantitative estimate of drug-likeness (QED) is 0.759. The minimum absolute atomic E-state index is 0.0796. The number of amides is 1. The Balaban J connectivity index is 1.49. The van der Waals surface area contributed by atoms with Crippen LogP contribution in [0.15, 0.2) is 35.7 Å². The minimum atomic E-state index is 0.0796. The van der Waals surface area contributed by atoms with Crippen LogP contribution in [0.4, 0.5) is 0 Å². The summed E-state index contributed by atoms with van der Waals surface area (Å²) in [4.78, 5) is 19.5. The number of nitrogens with zero attached hydrogens (tertiary/aromatic N) is 2. The van der Waals surface area contributed by atoms with E-state index in [1.54, 1.807) is 11.3 Å². The van der Waals surface area contributed by atoms with Crippen LogP contribution < -0.4 is 5.32 Å². The number of hydrogen-bond acceptors (Lipinski definition) is 4. The highest BCUT2D eigenvalue weighted by Crippen LogP contribution is 2.23. The molecule has 0 spiro atoms. The van der Waals surface area contributed by atoms with Gasteiger partial charge in [0, 0.05) is 23.5 Å². The molecule has 1 fully saturated rings. The molecule has 2 heterocycles. The molecule has 2 aromatic rings. The zero-order valence-electron chi connectivity index (χ0n) is 15.6. The molecule has 1 aliphatic heterocycles. The summed E-state index contributed by atoms with van der Waals surface area (Å²) in [6.07, 6.45) is 6.59. The fraction of sp³-hybridized carbons (Fsp3) is 0.524. The maximum atomic E-state index is 12.4. The summed E-state index contributed by atoms with van der Waals surface area (Å²) in [5.41, 5.74) is 1.97. The molecule has 1 amide bonds. The van der Waals surface area contributed by atoms with E-state index in [4.69, 9.17) is 0 Å². The first kappa shape index (κ1) is 19.1. The van der Waals surface area contributed by atoms with Crippen LogP contribution in [0.2, 0.25) is 0 Å². The Morgan fingerprint density at radius 3 is 2.96 bits per heavy atom. The van der Waals surface area contributed by atoms with Crippen molar-refractivity contribution in [1.29, 1.82) is 0 Å². The summed E-state index contributed by atoms with van der Waals surface area (Å²) in [6, 6.07) is 10.6. The van der Waals surface area contributed by atoms with Crippen LogP contribution in [0, 0.1) is 0 Å². The summed E-state index contributed by atoms with van der Waals surface area (Å²) in [5.74, 6) is 0.0796. The first-order valence-corrected chi connectivity index (χ1v) is 10.6. The van der Waals surface area contributed by atoms with E-state index in [0.717, 1.165) is 29.4 Å². The zero-order chi connectivity index (χ0) is 18.2. The number of thiazole rings is 1. The second-order valence-electron chi connectivity index (χ2n) is 7.03. The topological polar surface area (TPSA) is 45.2 Å². The number of aromatic nitrogens is 1. The van der Waals surface area contributed by atoms with E-state index >= 15 is 0 Å². The lowest BCUT2D eigenvalue weighted by atomic mass is 10.0. The van der Waals surface area contributed by atoms with Crippen LogP contribution in [0.1, 0.15) is 44.7 Å². The van der Waals surface area contributed by atoms with Gasteiger partial charge in [-0.15, -0.1) is 11.3 Å². The van der Waals surface area contributed by atoms with Gasteiger partial charge in [-0.2, -0.15) is 0 Å². The van der Waals surface area contributed by atoms with E-state index in [-0.39, 0.29) is 5.91 Å². The molecule has 0 saturated carbocycles. The van der Waals surface area contributed by atoms with Gasteiger partial charge in [-0.05, 0) is 32.4 Å². The molecule has 1 N–H and O–H groups in total. The van der Waals surface area contributed by atoms with E-state index in [1.165, 1.54) is 38.6 Å². The molecular weight excluding hydrogens is 342 g/mol. The monoisotopic (exact) mass is 371 g/mol. The molecule has 1 atom stereocenters. The van der Waals surface area contributed by atoms with E-state index in [9.17, 15) is 4.79 Å². The number of piperidine rings is 1. The molecular formula is C21H29N3OS. The van der Waals surface area contributed by atoms with Crippen molar-refractivity contribution in [2.75, 3.05) is 19.6 Å². The van der Waals surface area contributed by atoms with Crippen molar-refractivity contribution in [3.05, 3.63) is 41.4 Å². The molecule has 0 radical (unpaired) electrons. The second kappa shape index (κ2) is 9.83. The molecule has 0 bridgehead atoms. The predicted molar refractivity (Wildman–Crippen MR) is 108 cm³/mol. The smallest absolute Gasteiger partial charge is 0.226 e. The van der Waals surface area contributed by atoms with E-state index in [1.807, 2.05) is 23.6 Å². The third kappa shape index (κ3) is 5.39. The lowest BCUT2D eigenvalue weighted by Gasteiger charge is -2.35. The average molecular weight is 372 g/mol. The van der Waals surface area contributed by atoms with Gasteiger partial charge in [0.05, 0.1) is 12.1 Å². The van der Waals surface area contributed by atoms with Crippen LogP contribution in [0.5, 0.6) is 0 Å². The molecule has 1 saturated heterocycles. The van der Waals surface area contributed by atoms with Gasteiger partial charge in [-0.3, -0.25) is 9.69 Å². The van der Waals surface area contributed by atoms with Crippen molar-refractivity contribution in [2.45, 2.75) is 51.5 Å². The van der Waals surface area contributed by atoms with Crippen molar-refractivity contribution in [3.63, 3.8) is 0 Å². The largest absolute Gasteiger partial charge is 0.354 e. The molecule has 1 aromatic heterocycles. The molecule has 5 heteroatoms. The van der Waals surface area contributed by atoms with Gasteiger partial charge in [-0.1, -0.05) is 50.1 Å². The van der Waals surface area contributed by atoms with Crippen LogP contribution >= 0.6 is 11.3 Å². The van der Waals surface area contributed by atoms with Crippen molar-refractivity contribution in [2.24, 2.45) is 0 Å². The SMILES string of the molecule is CCCCN1CCCC[C@@H]1CNC(=O)Cc1csc(-c2ccccc2)n1. The maximum absolute atomic E-state index is 12.4. The van der Waals surface area contributed by atoms with Gasteiger partial charge in [0.25, 0.3) is 0 Å². The normalized spacial score (nSPS) is 18.0. The number of rotatable bonds is 8. The average Bonchev–Trinajstić information content (AvgIpc) is 3.14. The van der Waals surface area contributed by atoms with Gasteiger partial charge in [0.15, 0.2) is 0 Å². The van der Waals surface area contributed by atoms with E-state index in [0.29, 0.717) is 12.5 Å². The summed E-state index contributed by atoms with van der Waals surface area (Å²) in [7, 11) is 0. The van der Waals surface area contributed by atoms with Gasteiger partial charge in [0.1, 0.15) is 5.01 Å². The Hall–Kier alpha value is -1.72. The van der Waals surface area contributed by atoms with Gasteiger partial charge in [-0.25, -0.2) is 4.98 Å². The van der Waals surface area contributed by atoms with Gasteiger partial charge >= 0.3 is 0 Å². The van der Waals surface area contributed by atoms with Gasteiger partial charge < -0.3 is 5.32 Å².